The molecule has 0 aliphatic carbocycles. The summed E-state index contributed by atoms with van der Waals surface area (Å²) in [4.78, 5) is 27.1. The molecule has 3 amide bonds. The highest BCUT2D eigenvalue weighted by Gasteiger charge is 2.36. The number of rotatable bonds is 3. The van der Waals surface area contributed by atoms with Crippen molar-refractivity contribution < 1.29 is 9.59 Å². The first-order valence-electron chi connectivity index (χ1n) is 8.05. The molecule has 0 radical (unpaired) electrons. The molecule has 1 aromatic heterocycles. The average molecular weight is 327 g/mol. The van der Waals surface area contributed by atoms with Crippen LogP contribution >= 0.6 is 0 Å². The van der Waals surface area contributed by atoms with Crippen LogP contribution in [0.15, 0.2) is 36.7 Å². The van der Waals surface area contributed by atoms with Crippen molar-refractivity contribution in [3.05, 3.63) is 42.2 Å². The summed E-state index contributed by atoms with van der Waals surface area (Å²) in [6.45, 7) is 4.37. The molecule has 0 spiro atoms. The van der Waals surface area contributed by atoms with Crippen LogP contribution < -0.4 is 10.6 Å². The van der Waals surface area contributed by atoms with Crippen molar-refractivity contribution in [3.63, 3.8) is 0 Å². The predicted octanol–water partition coefficient (Wildman–Crippen LogP) is 2.81. The number of carbonyl (C=O) groups excluding carboxylic acids is 2. The second kappa shape index (κ2) is 6.74. The molecule has 1 aliphatic rings. The third kappa shape index (κ3) is 3.10. The Morgan fingerprint density at radius 3 is 2.96 bits per heavy atom. The largest absolute Gasteiger partial charge is 0.324 e. The Morgan fingerprint density at radius 1 is 1.46 bits per heavy atom. The van der Waals surface area contributed by atoms with Crippen LogP contribution in [0.1, 0.15) is 25.8 Å². The van der Waals surface area contributed by atoms with Crippen LogP contribution in [0.5, 0.6) is 0 Å². The van der Waals surface area contributed by atoms with Crippen molar-refractivity contribution in [1.82, 2.24) is 15.1 Å². The molecule has 3 N–H and O–H groups in total. The summed E-state index contributed by atoms with van der Waals surface area (Å²) in [6, 6.07) is 6.72. The van der Waals surface area contributed by atoms with Gasteiger partial charge in [-0.05, 0) is 17.5 Å². The lowest BCUT2D eigenvalue weighted by molar-refractivity contribution is -0.121. The Morgan fingerprint density at radius 2 is 2.25 bits per heavy atom. The number of amides is 3. The van der Waals surface area contributed by atoms with E-state index in [0.29, 0.717) is 12.2 Å². The molecule has 2 atom stereocenters. The molecule has 3 rings (SSSR count). The summed E-state index contributed by atoms with van der Waals surface area (Å²) in [5, 5.41) is 12.2. The summed E-state index contributed by atoms with van der Waals surface area (Å²) < 4.78 is 0. The highest BCUT2D eigenvalue weighted by atomic mass is 16.2. The molecule has 2 aromatic rings. The number of carbonyl (C=O) groups is 2. The number of urea groups is 1. The third-order valence-corrected chi connectivity index (χ3v) is 4.41. The SMILES string of the molecule is CCC(C)C1C(=O)Nc2ccccc2CN1C(=O)Nc1cn[nH]c1. The zero-order valence-electron chi connectivity index (χ0n) is 13.7. The number of fused-ring (bicyclic) bond motifs is 1. The van der Waals surface area contributed by atoms with Crippen molar-refractivity contribution in [1.29, 1.82) is 0 Å². The van der Waals surface area contributed by atoms with Crippen LogP contribution in [0.25, 0.3) is 0 Å². The minimum absolute atomic E-state index is 0.0365. The Kier molecular flexibility index (Phi) is 4.50. The second-order valence-corrected chi connectivity index (χ2v) is 6.02. The lowest BCUT2D eigenvalue weighted by Crippen LogP contribution is -2.50. The van der Waals surface area contributed by atoms with E-state index in [1.54, 1.807) is 11.1 Å². The second-order valence-electron chi connectivity index (χ2n) is 6.02. The van der Waals surface area contributed by atoms with Gasteiger partial charge in [0.1, 0.15) is 6.04 Å². The van der Waals surface area contributed by atoms with Crippen LogP contribution in [0.3, 0.4) is 0 Å². The lowest BCUT2D eigenvalue weighted by Gasteiger charge is -2.32. The van der Waals surface area contributed by atoms with Gasteiger partial charge in [0.15, 0.2) is 0 Å². The molecule has 126 valence electrons. The first-order chi connectivity index (χ1) is 11.6. The van der Waals surface area contributed by atoms with Gasteiger partial charge in [0.05, 0.1) is 18.4 Å². The zero-order valence-corrected chi connectivity index (χ0v) is 13.7. The summed E-state index contributed by atoms with van der Waals surface area (Å²) in [5.74, 6) is -0.119. The van der Waals surface area contributed by atoms with E-state index in [9.17, 15) is 9.59 Å². The number of anilines is 2. The smallest absolute Gasteiger partial charge is 0.322 e. The topological polar surface area (TPSA) is 90.1 Å². The van der Waals surface area contributed by atoms with E-state index in [1.165, 1.54) is 6.20 Å². The summed E-state index contributed by atoms with van der Waals surface area (Å²) in [6.07, 6.45) is 3.92. The van der Waals surface area contributed by atoms with Gasteiger partial charge in [-0.3, -0.25) is 9.89 Å². The van der Waals surface area contributed by atoms with Gasteiger partial charge in [0, 0.05) is 11.9 Å². The van der Waals surface area contributed by atoms with Crippen molar-refractivity contribution in [3.8, 4) is 0 Å². The molecule has 24 heavy (non-hydrogen) atoms. The van der Waals surface area contributed by atoms with Gasteiger partial charge in [0.2, 0.25) is 5.91 Å². The fraction of sp³-hybridized carbons (Fsp3) is 0.353. The van der Waals surface area contributed by atoms with Crippen molar-refractivity contribution >= 4 is 23.3 Å². The molecule has 1 aromatic carbocycles. The fourth-order valence-corrected chi connectivity index (χ4v) is 2.91. The maximum atomic E-state index is 12.8. The van der Waals surface area contributed by atoms with Gasteiger partial charge in [-0.15, -0.1) is 0 Å². The van der Waals surface area contributed by atoms with Crippen LogP contribution in [-0.2, 0) is 11.3 Å². The van der Waals surface area contributed by atoms with E-state index in [0.717, 1.165) is 17.7 Å². The quantitative estimate of drug-likeness (QED) is 0.809. The molecular formula is C17H21N5O2. The van der Waals surface area contributed by atoms with Gasteiger partial charge >= 0.3 is 6.03 Å². The van der Waals surface area contributed by atoms with E-state index < -0.39 is 6.04 Å². The Bertz CT molecular complexity index is 728. The Balaban J connectivity index is 1.94. The summed E-state index contributed by atoms with van der Waals surface area (Å²) in [7, 11) is 0. The number of hydrogen-bond donors (Lipinski definition) is 3. The van der Waals surface area contributed by atoms with E-state index in [2.05, 4.69) is 20.8 Å². The first-order valence-corrected chi connectivity index (χ1v) is 8.05. The van der Waals surface area contributed by atoms with Gasteiger partial charge in [-0.2, -0.15) is 5.10 Å². The van der Waals surface area contributed by atoms with Crippen LogP contribution in [0, 0.1) is 5.92 Å². The molecule has 0 saturated carbocycles. The highest BCUT2D eigenvalue weighted by molar-refractivity contribution is 6.00. The third-order valence-electron chi connectivity index (χ3n) is 4.41. The molecule has 7 nitrogen and oxygen atoms in total. The standard InChI is InChI=1S/C17H21N5O2/c1-3-11(2)15-16(23)21-14-7-5-4-6-12(14)10-22(15)17(24)20-13-8-18-19-9-13/h4-9,11,15H,3,10H2,1-2H3,(H,18,19)(H,20,24)(H,21,23). The number of benzene rings is 1. The van der Waals surface area contributed by atoms with Crippen molar-refractivity contribution in [2.45, 2.75) is 32.9 Å². The van der Waals surface area contributed by atoms with Crippen LogP contribution in [0.4, 0.5) is 16.2 Å². The van der Waals surface area contributed by atoms with Crippen molar-refractivity contribution in [2.75, 3.05) is 10.6 Å². The maximum Gasteiger partial charge on any atom is 0.322 e. The number of H-pyrrole nitrogens is 1. The molecule has 0 bridgehead atoms. The lowest BCUT2D eigenvalue weighted by atomic mass is 9.97. The first kappa shape index (κ1) is 16.0. The Labute approximate surface area is 140 Å². The molecule has 1 aliphatic heterocycles. The number of nitrogens with zero attached hydrogens (tertiary/aromatic N) is 2. The normalized spacial score (nSPS) is 18.3. The van der Waals surface area contributed by atoms with Gasteiger partial charge < -0.3 is 15.5 Å². The van der Waals surface area contributed by atoms with E-state index in [-0.39, 0.29) is 17.9 Å². The molecule has 2 unspecified atom stereocenters. The summed E-state index contributed by atoms with van der Waals surface area (Å²) >= 11 is 0. The van der Waals surface area contributed by atoms with Gasteiger partial charge in [0.25, 0.3) is 0 Å². The van der Waals surface area contributed by atoms with Crippen LogP contribution in [-0.4, -0.2) is 33.1 Å². The minimum Gasteiger partial charge on any atom is -0.324 e. The number of aromatic nitrogens is 2. The molecule has 0 saturated heterocycles. The highest BCUT2D eigenvalue weighted by Crippen LogP contribution is 2.27. The average Bonchev–Trinajstić information content (AvgIpc) is 3.02. The molecular weight excluding hydrogens is 306 g/mol. The monoisotopic (exact) mass is 327 g/mol. The number of aromatic amines is 1. The van der Waals surface area contributed by atoms with E-state index in [4.69, 9.17) is 0 Å². The molecule has 2 heterocycles. The molecule has 7 heteroatoms. The van der Waals surface area contributed by atoms with Gasteiger partial charge in [-0.1, -0.05) is 38.5 Å². The Hall–Kier alpha value is -2.83. The number of hydrogen-bond acceptors (Lipinski definition) is 3. The molecule has 0 fully saturated rings. The fourth-order valence-electron chi connectivity index (χ4n) is 2.91. The minimum atomic E-state index is -0.533. The summed E-state index contributed by atoms with van der Waals surface area (Å²) in [5.41, 5.74) is 2.24. The van der Waals surface area contributed by atoms with E-state index >= 15 is 0 Å². The number of para-hydroxylation sites is 1. The number of nitrogens with one attached hydrogen (secondary N) is 3. The van der Waals surface area contributed by atoms with Gasteiger partial charge in [-0.25, -0.2) is 4.79 Å². The predicted molar refractivity (Wildman–Crippen MR) is 91.5 cm³/mol. The van der Waals surface area contributed by atoms with E-state index in [1.807, 2.05) is 38.1 Å². The van der Waals surface area contributed by atoms with Crippen molar-refractivity contribution in [2.24, 2.45) is 5.92 Å². The maximum absolute atomic E-state index is 12.8. The van der Waals surface area contributed by atoms with Crippen LogP contribution in [0.2, 0.25) is 0 Å². The zero-order chi connectivity index (χ0) is 17.1.